The van der Waals surface area contributed by atoms with Gasteiger partial charge in [0.1, 0.15) is 0 Å². The zero-order valence-corrected chi connectivity index (χ0v) is 22.1. The zero-order chi connectivity index (χ0) is 26.8. The minimum absolute atomic E-state index is 0.0835. The number of hydrogen-bond acceptors (Lipinski definition) is 6. The molecule has 1 amide bonds. The summed E-state index contributed by atoms with van der Waals surface area (Å²) >= 11 is 5.90. The van der Waals surface area contributed by atoms with Crippen molar-refractivity contribution in [1.82, 2.24) is 9.47 Å². The van der Waals surface area contributed by atoms with Crippen molar-refractivity contribution in [2.75, 3.05) is 26.5 Å². The molecule has 38 heavy (non-hydrogen) atoms. The molecular weight excluding hydrogens is 508 g/mol. The maximum Gasteiger partial charge on any atom is 0.309 e. The van der Waals surface area contributed by atoms with E-state index in [4.69, 9.17) is 25.8 Å². The Balaban J connectivity index is 1.14. The second-order valence-electron chi connectivity index (χ2n) is 9.66. The molecule has 0 unspecified atom stereocenters. The lowest BCUT2D eigenvalue weighted by atomic mass is 9.96. The normalized spacial score (nSPS) is 15.0. The molecule has 1 fully saturated rings. The van der Waals surface area contributed by atoms with Crippen molar-refractivity contribution >= 4 is 29.3 Å². The van der Waals surface area contributed by atoms with Crippen LogP contribution in [0.4, 0.5) is 0 Å². The van der Waals surface area contributed by atoms with Crippen LogP contribution in [0.25, 0.3) is 0 Å². The molecule has 0 N–H and O–H groups in total. The second kappa shape index (κ2) is 10.9. The molecule has 1 saturated heterocycles. The van der Waals surface area contributed by atoms with Crippen LogP contribution in [0.3, 0.4) is 0 Å². The maximum absolute atomic E-state index is 13.0. The number of esters is 1. The number of rotatable bonds is 7. The van der Waals surface area contributed by atoms with E-state index in [9.17, 15) is 14.4 Å². The van der Waals surface area contributed by atoms with E-state index in [2.05, 4.69) is 4.57 Å². The van der Waals surface area contributed by atoms with E-state index in [0.717, 1.165) is 22.7 Å². The average Bonchev–Trinajstić information content (AvgIpc) is 3.51. The van der Waals surface area contributed by atoms with Gasteiger partial charge in [0, 0.05) is 47.2 Å². The third kappa shape index (κ3) is 5.41. The quantitative estimate of drug-likeness (QED) is 0.318. The van der Waals surface area contributed by atoms with Gasteiger partial charge in [-0.2, -0.15) is 0 Å². The highest BCUT2D eigenvalue weighted by atomic mass is 35.5. The largest absolute Gasteiger partial charge is 0.457 e. The molecule has 5 rings (SSSR count). The lowest BCUT2D eigenvalue weighted by Crippen LogP contribution is -2.40. The number of halogens is 1. The van der Waals surface area contributed by atoms with E-state index < -0.39 is 5.97 Å². The van der Waals surface area contributed by atoms with Crippen LogP contribution in [0.5, 0.6) is 11.5 Å². The number of ether oxygens (including phenoxy) is 3. The first kappa shape index (κ1) is 25.9. The summed E-state index contributed by atoms with van der Waals surface area (Å²) in [6.07, 6.45) is 0.993. The number of likely N-dealkylation sites (tertiary alicyclic amines) is 1. The number of benzene rings is 2. The number of Topliss-reactive ketones (excluding diaryl/α,β-unsaturated/α-hetero) is 1. The Morgan fingerprint density at radius 2 is 1.68 bits per heavy atom. The molecule has 0 saturated carbocycles. The number of aryl methyl sites for hydroxylation is 1. The van der Waals surface area contributed by atoms with Crippen LogP contribution in [-0.4, -0.2) is 53.6 Å². The molecule has 0 radical (unpaired) electrons. The summed E-state index contributed by atoms with van der Waals surface area (Å²) in [6.45, 7) is 5.24. The number of amides is 1. The van der Waals surface area contributed by atoms with Crippen molar-refractivity contribution in [2.45, 2.75) is 33.2 Å². The highest BCUT2D eigenvalue weighted by Gasteiger charge is 2.29. The van der Waals surface area contributed by atoms with Crippen molar-refractivity contribution < 1.29 is 28.6 Å². The number of nitrogens with zero attached hydrogens (tertiary/aromatic N) is 2. The van der Waals surface area contributed by atoms with Gasteiger partial charge in [0.25, 0.3) is 5.91 Å². The average molecular weight is 537 g/mol. The number of ketones is 1. The molecule has 2 aliphatic heterocycles. The monoisotopic (exact) mass is 536 g/mol. The number of carbonyl (C=O) groups excluding carboxylic acids is 3. The molecule has 0 atom stereocenters. The SMILES string of the molecule is Cc1cc(C(=O)COC(=O)C2CCN(C(=O)c3ccc(Cl)cc3)CC2)c(C)n1Cc1ccc2c(c1)OCO2. The number of piperidine rings is 1. The Morgan fingerprint density at radius 1 is 0.974 bits per heavy atom. The van der Waals surface area contributed by atoms with Crippen LogP contribution in [0.2, 0.25) is 5.02 Å². The van der Waals surface area contributed by atoms with Gasteiger partial charge in [-0.25, -0.2) is 0 Å². The first-order valence-electron chi connectivity index (χ1n) is 12.6. The number of carbonyl (C=O) groups is 3. The van der Waals surface area contributed by atoms with Crippen LogP contribution >= 0.6 is 11.6 Å². The maximum atomic E-state index is 13.0. The van der Waals surface area contributed by atoms with Gasteiger partial charge >= 0.3 is 5.97 Å². The summed E-state index contributed by atoms with van der Waals surface area (Å²) in [5.74, 6) is 0.389. The van der Waals surface area contributed by atoms with Crippen molar-refractivity contribution in [3.05, 3.63) is 81.6 Å². The lowest BCUT2D eigenvalue weighted by molar-refractivity contribution is -0.148. The van der Waals surface area contributed by atoms with E-state index in [1.54, 1.807) is 29.2 Å². The second-order valence-corrected chi connectivity index (χ2v) is 10.1. The van der Waals surface area contributed by atoms with E-state index in [1.807, 2.05) is 38.1 Å². The standard InChI is InChI=1S/C29H29ClN2O6/c1-18-13-24(19(2)32(18)15-20-3-8-26-27(14-20)38-17-37-26)25(33)16-36-29(35)22-9-11-31(12-10-22)28(34)21-4-6-23(30)7-5-21/h3-8,13-14,22H,9-12,15-17H2,1-2H3. The fourth-order valence-corrected chi connectivity index (χ4v) is 5.10. The smallest absolute Gasteiger partial charge is 0.309 e. The Hall–Kier alpha value is -3.78. The summed E-state index contributed by atoms with van der Waals surface area (Å²) in [5.41, 5.74) is 3.89. The molecule has 8 nitrogen and oxygen atoms in total. The fourth-order valence-electron chi connectivity index (χ4n) is 4.97. The van der Waals surface area contributed by atoms with Crippen molar-refractivity contribution in [3.63, 3.8) is 0 Å². The summed E-state index contributed by atoms with van der Waals surface area (Å²) in [7, 11) is 0. The van der Waals surface area contributed by atoms with Gasteiger partial charge in [-0.1, -0.05) is 17.7 Å². The molecule has 198 valence electrons. The van der Waals surface area contributed by atoms with Gasteiger partial charge < -0.3 is 23.7 Å². The molecular formula is C29H29ClN2O6. The van der Waals surface area contributed by atoms with Crippen LogP contribution in [0.15, 0.2) is 48.5 Å². The molecule has 9 heteroatoms. The van der Waals surface area contributed by atoms with Gasteiger partial charge in [-0.15, -0.1) is 0 Å². The summed E-state index contributed by atoms with van der Waals surface area (Å²) < 4.78 is 18.3. The summed E-state index contributed by atoms with van der Waals surface area (Å²) in [4.78, 5) is 40.1. The molecule has 2 aliphatic rings. The van der Waals surface area contributed by atoms with Crippen molar-refractivity contribution in [3.8, 4) is 11.5 Å². The topological polar surface area (TPSA) is 87.1 Å². The first-order valence-corrected chi connectivity index (χ1v) is 13.0. The Labute approximate surface area is 226 Å². The molecule has 0 aliphatic carbocycles. The lowest BCUT2D eigenvalue weighted by Gasteiger charge is -2.31. The van der Waals surface area contributed by atoms with Gasteiger partial charge in [0.05, 0.1) is 5.92 Å². The number of hydrogen-bond donors (Lipinski definition) is 0. The Bertz CT molecular complexity index is 1370. The van der Waals surface area contributed by atoms with E-state index >= 15 is 0 Å². The van der Waals surface area contributed by atoms with Crippen LogP contribution in [0.1, 0.15) is 50.5 Å². The van der Waals surface area contributed by atoms with Gasteiger partial charge in [-0.05, 0) is 74.7 Å². The summed E-state index contributed by atoms with van der Waals surface area (Å²) in [6, 6.07) is 14.4. The summed E-state index contributed by atoms with van der Waals surface area (Å²) in [5, 5.41) is 0.573. The van der Waals surface area contributed by atoms with Crippen LogP contribution < -0.4 is 9.47 Å². The van der Waals surface area contributed by atoms with Crippen LogP contribution in [0, 0.1) is 19.8 Å². The van der Waals surface area contributed by atoms with Crippen molar-refractivity contribution in [2.24, 2.45) is 5.92 Å². The fraction of sp³-hybridized carbons (Fsp3) is 0.345. The zero-order valence-electron chi connectivity index (χ0n) is 21.4. The predicted molar refractivity (Wildman–Crippen MR) is 141 cm³/mol. The van der Waals surface area contributed by atoms with E-state index in [0.29, 0.717) is 54.4 Å². The number of aromatic nitrogens is 1. The molecule has 0 spiro atoms. The molecule has 1 aromatic heterocycles. The van der Waals surface area contributed by atoms with Gasteiger partial charge in [-0.3, -0.25) is 14.4 Å². The van der Waals surface area contributed by atoms with Crippen LogP contribution in [-0.2, 0) is 16.1 Å². The Morgan fingerprint density at radius 3 is 2.42 bits per heavy atom. The minimum atomic E-state index is -0.397. The highest BCUT2D eigenvalue weighted by molar-refractivity contribution is 6.30. The van der Waals surface area contributed by atoms with Gasteiger partial charge in [0.15, 0.2) is 18.1 Å². The third-order valence-electron chi connectivity index (χ3n) is 7.20. The van der Waals surface area contributed by atoms with Crippen molar-refractivity contribution in [1.29, 1.82) is 0 Å². The van der Waals surface area contributed by atoms with E-state index in [1.165, 1.54) is 0 Å². The van der Waals surface area contributed by atoms with Gasteiger partial charge in [0.2, 0.25) is 12.6 Å². The molecule has 3 heterocycles. The predicted octanol–water partition coefficient (Wildman–Crippen LogP) is 4.81. The number of fused-ring (bicyclic) bond motifs is 1. The molecule has 2 aromatic carbocycles. The van der Waals surface area contributed by atoms with E-state index in [-0.39, 0.29) is 31.0 Å². The third-order valence-corrected chi connectivity index (χ3v) is 7.46. The first-order chi connectivity index (χ1) is 18.3. The molecule has 0 bridgehead atoms. The minimum Gasteiger partial charge on any atom is -0.457 e. The molecule has 3 aromatic rings. The Kier molecular flexibility index (Phi) is 7.42. The highest BCUT2D eigenvalue weighted by Crippen LogP contribution is 2.33.